The summed E-state index contributed by atoms with van der Waals surface area (Å²) in [5.41, 5.74) is 2.33. The van der Waals surface area contributed by atoms with Crippen LogP contribution in [0.5, 0.6) is 0 Å². The Balaban J connectivity index is 2.06. The topological polar surface area (TPSA) is 38.0 Å². The lowest BCUT2D eigenvalue weighted by Crippen LogP contribution is -2.22. The maximum Gasteiger partial charge on any atom is 0.0649 e. The maximum atomic E-state index is 9.99. The second-order valence-electron chi connectivity index (χ2n) is 4.77. The Morgan fingerprint density at radius 3 is 2.71 bits per heavy atom. The average Bonchev–Trinajstić information content (AvgIpc) is 2.76. The van der Waals surface area contributed by atoms with Crippen molar-refractivity contribution in [3.8, 4) is 0 Å². The van der Waals surface area contributed by atoms with E-state index < -0.39 is 0 Å². The first-order valence-corrected chi connectivity index (χ1v) is 5.19. The van der Waals surface area contributed by atoms with Gasteiger partial charge in [0.15, 0.2) is 0 Å². The highest BCUT2D eigenvalue weighted by molar-refractivity contribution is 5.11. The zero-order valence-corrected chi connectivity index (χ0v) is 9.12. The lowest BCUT2D eigenvalue weighted by molar-refractivity contribution is 0.101. The van der Waals surface area contributed by atoms with Crippen molar-refractivity contribution in [1.82, 2.24) is 9.78 Å². The molecule has 0 spiro atoms. The van der Waals surface area contributed by atoms with Gasteiger partial charge in [-0.25, -0.2) is 0 Å². The normalized spacial score (nSPS) is 20.9. The van der Waals surface area contributed by atoms with E-state index in [1.165, 1.54) is 0 Å². The van der Waals surface area contributed by atoms with Gasteiger partial charge in [-0.1, -0.05) is 6.92 Å². The van der Waals surface area contributed by atoms with Crippen LogP contribution in [0, 0.1) is 12.3 Å². The van der Waals surface area contributed by atoms with E-state index in [0.29, 0.717) is 0 Å². The van der Waals surface area contributed by atoms with Gasteiger partial charge in [0.25, 0.3) is 0 Å². The minimum atomic E-state index is -0.211. The summed E-state index contributed by atoms with van der Waals surface area (Å²) in [4.78, 5) is 0. The zero-order chi connectivity index (χ0) is 10.3. The molecular weight excluding hydrogens is 176 g/mol. The van der Waals surface area contributed by atoms with Gasteiger partial charge in [-0.2, -0.15) is 5.10 Å². The van der Waals surface area contributed by atoms with Crippen LogP contribution >= 0.6 is 0 Å². The molecule has 0 bridgehead atoms. The van der Waals surface area contributed by atoms with Crippen molar-refractivity contribution in [1.29, 1.82) is 0 Å². The molecule has 1 N–H and O–H groups in total. The number of aliphatic hydroxyl groups is 1. The molecule has 0 radical (unpaired) electrons. The van der Waals surface area contributed by atoms with Gasteiger partial charge < -0.3 is 5.11 Å². The second-order valence-corrected chi connectivity index (χ2v) is 4.77. The number of aromatic nitrogens is 2. The summed E-state index contributed by atoms with van der Waals surface area (Å²) < 4.78 is 1.87. The quantitative estimate of drug-likeness (QED) is 0.790. The van der Waals surface area contributed by atoms with Crippen molar-refractivity contribution >= 4 is 0 Å². The summed E-state index contributed by atoms with van der Waals surface area (Å²) in [6.07, 6.45) is 2.83. The largest absolute Gasteiger partial charge is 0.392 e. The second kappa shape index (κ2) is 3.09. The highest BCUT2D eigenvalue weighted by Gasteiger charge is 2.44. The molecule has 1 saturated carbocycles. The SMILES string of the molecule is Cc1cc(CC(O)C2(C)CC2)n(C)n1. The molecule has 2 rings (SSSR count). The first-order chi connectivity index (χ1) is 6.51. The molecule has 1 fully saturated rings. The molecule has 3 nitrogen and oxygen atoms in total. The van der Waals surface area contributed by atoms with E-state index in [9.17, 15) is 5.11 Å². The van der Waals surface area contributed by atoms with E-state index in [0.717, 1.165) is 30.7 Å². The van der Waals surface area contributed by atoms with Crippen LogP contribution in [0.15, 0.2) is 6.07 Å². The van der Waals surface area contributed by atoms with Gasteiger partial charge in [0.2, 0.25) is 0 Å². The van der Waals surface area contributed by atoms with Crippen LogP contribution in [0.1, 0.15) is 31.2 Å². The smallest absolute Gasteiger partial charge is 0.0649 e. The number of aryl methyl sites for hydroxylation is 2. The molecule has 1 aliphatic carbocycles. The number of nitrogens with zero attached hydrogens (tertiary/aromatic N) is 2. The lowest BCUT2D eigenvalue weighted by Gasteiger charge is -2.17. The van der Waals surface area contributed by atoms with Crippen molar-refractivity contribution < 1.29 is 5.11 Å². The van der Waals surface area contributed by atoms with Gasteiger partial charge in [-0.15, -0.1) is 0 Å². The molecule has 0 aliphatic heterocycles. The lowest BCUT2D eigenvalue weighted by atomic mass is 9.97. The number of hydrogen-bond donors (Lipinski definition) is 1. The van der Waals surface area contributed by atoms with Crippen molar-refractivity contribution in [2.75, 3.05) is 0 Å². The van der Waals surface area contributed by atoms with Crippen LogP contribution in [0.2, 0.25) is 0 Å². The standard InChI is InChI=1S/C11H18N2O/c1-8-6-9(13(3)12-8)7-10(14)11(2)4-5-11/h6,10,14H,4-5,7H2,1-3H3. The molecule has 0 aromatic carbocycles. The van der Waals surface area contributed by atoms with Gasteiger partial charge >= 0.3 is 0 Å². The number of rotatable bonds is 3. The van der Waals surface area contributed by atoms with Gasteiger partial charge in [0.05, 0.1) is 11.8 Å². The van der Waals surface area contributed by atoms with Crippen molar-refractivity contribution in [2.45, 2.75) is 39.2 Å². The summed E-state index contributed by atoms with van der Waals surface area (Å²) in [7, 11) is 1.93. The van der Waals surface area contributed by atoms with Gasteiger partial charge in [-0.3, -0.25) is 4.68 Å². The predicted octanol–water partition coefficient (Wildman–Crippen LogP) is 1.43. The predicted molar refractivity (Wildman–Crippen MR) is 55.0 cm³/mol. The van der Waals surface area contributed by atoms with Crippen LogP contribution in [-0.2, 0) is 13.5 Å². The van der Waals surface area contributed by atoms with E-state index in [1.54, 1.807) is 0 Å². The average molecular weight is 194 g/mol. The highest BCUT2D eigenvalue weighted by atomic mass is 16.3. The first-order valence-electron chi connectivity index (χ1n) is 5.19. The molecule has 1 atom stereocenters. The molecule has 3 heteroatoms. The van der Waals surface area contributed by atoms with Crippen LogP contribution in [-0.4, -0.2) is 21.0 Å². The monoisotopic (exact) mass is 194 g/mol. The van der Waals surface area contributed by atoms with Crippen LogP contribution in [0.25, 0.3) is 0 Å². The van der Waals surface area contributed by atoms with Gasteiger partial charge in [0.1, 0.15) is 0 Å². The number of aliphatic hydroxyl groups excluding tert-OH is 1. The van der Waals surface area contributed by atoms with E-state index in [4.69, 9.17) is 0 Å². The zero-order valence-electron chi connectivity index (χ0n) is 9.12. The van der Waals surface area contributed by atoms with Crippen LogP contribution < -0.4 is 0 Å². The minimum absolute atomic E-state index is 0.179. The Labute approximate surface area is 84.7 Å². The van der Waals surface area contributed by atoms with Gasteiger partial charge in [0, 0.05) is 19.2 Å². The van der Waals surface area contributed by atoms with Crippen LogP contribution in [0.4, 0.5) is 0 Å². The maximum absolute atomic E-state index is 9.99. The summed E-state index contributed by atoms with van der Waals surface area (Å²) in [6, 6.07) is 2.05. The third-order valence-electron chi connectivity index (χ3n) is 3.34. The molecule has 0 amide bonds. The van der Waals surface area contributed by atoms with E-state index in [2.05, 4.69) is 18.1 Å². The Bertz CT molecular complexity index is 339. The molecule has 1 heterocycles. The van der Waals surface area contributed by atoms with E-state index in [-0.39, 0.29) is 11.5 Å². The Hall–Kier alpha value is -0.830. The van der Waals surface area contributed by atoms with Gasteiger partial charge in [-0.05, 0) is 31.2 Å². The molecule has 1 aromatic rings. The molecule has 1 aromatic heterocycles. The molecule has 0 saturated heterocycles. The van der Waals surface area contributed by atoms with Crippen LogP contribution in [0.3, 0.4) is 0 Å². The molecular formula is C11H18N2O. The summed E-state index contributed by atoms with van der Waals surface area (Å²) in [5.74, 6) is 0. The van der Waals surface area contributed by atoms with Crippen molar-refractivity contribution in [2.24, 2.45) is 12.5 Å². The van der Waals surface area contributed by atoms with Crippen molar-refractivity contribution in [3.05, 3.63) is 17.5 Å². The first kappa shape index (κ1) is 9.71. The molecule has 1 unspecified atom stereocenters. The summed E-state index contributed by atoms with van der Waals surface area (Å²) >= 11 is 0. The van der Waals surface area contributed by atoms with Crippen molar-refractivity contribution in [3.63, 3.8) is 0 Å². The summed E-state index contributed by atoms with van der Waals surface area (Å²) in [5, 5.41) is 14.3. The summed E-state index contributed by atoms with van der Waals surface area (Å²) in [6.45, 7) is 4.13. The fourth-order valence-electron chi connectivity index (χ4n) is 1.83. The minimum Gasteiger partial charge on any atom is -0.392 e. The third-order valence-corrected chi connectivity index (χ3v) is 3.34. The Kier molecular flexibility index (Phi) is 2.14. The van der Waals surface area contributed by atoms with E-state index >= 15 is 0 Å². The molecule has 1 aliphatic rings. The highest BCUT2D eigenvalue weighted by Crippen LogP contribution is 2.48. The Morgan fingerprint density at radius 1 is 1.64 bits per heavy atom. The molecule has 78 valence electrons. The number of hydrogen-bond acceptors (Lipinski definition) is 2. The van der Waals surface area contributed by atoms with E-state index in [1.807, 2.05) is 18.7 Å². The molecule has 14 heavy (non-hydrogen) atoms. The fourth-order valence-corrected chi connectivity index (χ4v) is 1.83. The fraction of sp³-hybridized carbons (Fsp3) is 0.727. The third kappa shape index (κ3) is 1.69. The Morgan fingerprint density at radius 2 is 2.29 bits per heavy atom.